The Bertz CT molecular complexity index is 854. The van der Waals surface area contributed by atoms with Gasteiger partial charge in [0, 0.05) is 50.6 Å². The summed E-state index contributed by atoms with van der Waals surface area (Å²) in [4.78, 5) is 18.7. The molecule has 0 fully saturated rings. The maximum absolute atomic E-state index is 12.3. The second-order valence-corrected chi connectivity index (χ2v) is 6.33. The molecule has 0 atom stereocenters. The van der Waals surface area contributed by atoms with E-state index in [1.54, 1.807) is 16.9 Å². The number of nitrogens with zero attached hydrogens (tertiary/aromatic N) is 5. The Labute approximate surface area is 144 Å². The van der Waals surface area contributed by atoms with E-state index < -0.39 is 0 Å². The molecule has 8 heteroatoms. The van der Waals surface area contributed by atoms with E-state index in [1.807, 2.05) is 50.4 Å². The van der Waals surface area contributed by atoms with E-state index in [0.29, 0.717) is 18.1 Å². The zero-order chi connectivity index (χ0) is 17.1. The fourth-order valence-corrected chi connectivity index (χ4v) is 2.88. The van der Waals surface area contributed by atoms with Crippen molar-refractivity contribution in [1.82, 2.24) is 24.5 Å². The highest BCUT2D eigenvalue weighted by molar-refractivity contribution is 7.09. The van der Waals surface area contributed by atoms with Crippen molar-refractivity contribution >= 4 is 23.4 Å². The zero-order valence-corrected chi connectivity index (χ0v) is 14.5. The summed E-state index contributed by atoms with van der Waals surface area (Å²) < 4.78 is 6.00. The molecule has 0 radical (unpaired) electrons. The highest BCUT2D eigenvalue weighted by Crippen LogP contribution is 2.24. The highest BCUT2D eigenvalue weighted by Gasteiger charge is 2.11. The normalized spacial score (nSPS) is 10.6. The van der Waals surface area contributed by atoms with Crippen LogP contribution in [0.3, 0.4) is 0 Å². The van der Waals surface area contributed by atoms with Gasteiger partial charge in [0.15, 0.2) is 0 Å². The molecule has 0 bridgehead atoms. The van der Waals surface area contributed by atoms with Crippen molar-refractivity contribution in [1.29, 1.82) is 0 Å². The van der Waals surface area contributed by atoms with Crippen LogP contribution in [-0.2, 0) is 13.6 Å². The molecule has 7 nitrogen and oxygen atoms in total. The smallest absolute Gasteiger partial charge is 0.251 e. The van der Waals surface area contributed by atoms with Gasteiger partial charge in [0.2, 0.25) is 5.95 Å². The first-order valence-electron chi connectivity index (χ1n) is 7.40. The molecule has 3 rings (SSSR count). The minimum atomic E-state index is -0.127. The van der Waals surface area contributed by atoms with Crippen LogP contribution in [0.25, 0.3) is 10.6 Å². The summed E-state index contributed by atoms with van der Waals surface area (Å²) in [6.07, 6.45) is 3.61. The molecule has 124 valence electrons. The number of carbonyl (C=O) groups excluding carboxylic acids is 1. The highest BCUT2D eigenvalue weighted by atomic mass is 32.1. The number of aromatic nitrogens is 4. The predicted molar refractivity (Wildman–Crippen MR) is 94.1 cm³/mol. The molecule has 0 aliphatic carbocycles. The predicted octanol–water partition coefficient (Wildman–Crippen LogP) is 1.93. The summed E-state index contributed by atoms with van der Waals surface area (Å²) in [6.45, 7) is 0.445. The summed E-state index contributed by atoms with van der Waals surface area (Å²) in [5.41, 5.74) is 2.44. The Morgan fingerprint density at radius 1 is 1.38 bits per heavy atom. The molecule has 24 heavy (non-hydrogen) atoms. The minimum absolute atomic E-state index is 0.127. The standard InChI is InChI=1S/C16H18N6OS/c1-21(2)16-19-15(24-20-16)13-6-4-5-12(7-13)14(23)17-8-11-9-18-22(3)10-11/h4-7,9-10H,8H2,1-3H3,(H,17,23). The number of rotatable bonds is 5. The van der Waals surface area contributed by atoms with Crippen LogP contribution in [0.15, 0.2) is 36.7 Å². The Morgan fingerprint density at radius 3 is 2.88 bits per heavy atom. The first kappa shape index (κ1) is 16.1. The van der Waals surface area contributed by atoms with Gasteiger partial charge in [-0.05, 0) is 23.7 Å². The van der Waals surface area contributed by atoms with Crippen molar-refractivity contribution in [2.45, 2.75) is 6.54 Å². The molecule has 0 saturated heterocycles. The maximum atomic E-state index is 12.3. The van der Waals surface area contributed by atoms with Gasteiger partial charge in [0.05, 0.1) is 6.20 Å². The Hall–Kier alpha value is -2.74. The van der Waals surface area contributed by atoms with Gasteiger partial charge < -0.3 is 10.2 Å². The van der Waals surface area contributed by atoms with Gasteiger partial charge in [-0.2, -0.15) is 14.5 Å². The fourth-order valence-electron chi connectivity index (χ4n) is 2.16. The van der Waals surface area contributed by atoms with Crippen LogP contribution in [0.1, 0.15) is 15.9 Å². The molecule has 2 aromatic heterocycles. The molecule has 3 aromatic rings. The molecule has 0 unspecified atom stereocenters. The van der Waals surface area contributed by atoms with Crippen LogP contribution >= 0.6 is 11.5 Å². The van der Waals surface area contributed by atoms with Gasteiger partial charge in [-0.1, -0.05) is 12.1 Å². The third-order valence-electron chi connectivity index (χ3n) is 3.40. The van der Waals surface area contributed by atoms with Crippen LogP contribution in [0.4, 0.5) is 5.95 Å². The first-order chi connectivity index (χ1) is 11.5. The number of aryl methyl sites for hydroxylation is 1. The van der Waals surface area contributed by atoms with Crippen molar-refractivity contribution in [2.75, 3.05) is 19.0 Å². The van der Waals surface area contributed by atoms with Crippen molar-refractivity contribution in [3.05, 3.63) is 47.8 Å². The lowest BCUT2D eigenvalue weighted by Crippen LogP contribution is -2.22. The number of amides is 1. The van der Waals surface area contributed by atoms with Crippen LogP contribution in [0.5, 0.6) is 0 Å². The number of carbonyl (C=O) groups is 1. The molecule has 0 aliphatic heterocycles. The molecular formula is C16H18N6OS. The average Bonchev–Trinajstić information content (AvgIpc) is 3.22. The molecule has 2 heterocycles. The number of hydrogen-bond acceptors (Lipinski definition) is 6. The lowest BCUT2D eigenvalue weighted by atomic mass is 10.1. The summed E-state index contributed by atoms with van der Waals surface area (Å²) in [5, 5.41) is 7.77. The first-order valence-corrected chi connectivity index (χ1v) is 8.17. The Morgan fingerprint density at radius 2 is 2.21 bits per heavy atom. The molecule has 1 N–H and O–H groups in total. The lowest BCUT2D eigenvalue weighted by Gasteiger charge is -2.05. The quantitative estimate of drug-likeness (QED) is 0.767. The summed E-state index contributed by atoms with van der Waals surface area (Å²) in [5.74, 6) is 0.541. The van der Waals surface area contributed by atoms with Crippen molar-refractivity contribution in [2.24, 2.45) is 7.05 Å². The monoisotopic (exact) mass is 342 g/mol. The second kappa shape index (κ2) is 6.79. The zero-order valence-electron chi connectivity index (χ0n) is 13.7. The number of benzene rings is 1. The summed E-state index contributed by atoms with van der Waals surface area (Å²) in [7, 11) is 5.64. The van der Waals surface area contributed by atoms with Gasteiger partial charge >= 0.3 is 0 Å². The van der Waals surface area contributed by atoms with Crippen LogP contribution in [-0.4, -0.2) is 39.1 Å². The van der Waals surface area contributed by atoms with Crippen LogP contribution in [0.2, 0.25) is 0 Å². The van der Waals surface area contributed by atoms with E-state index >= 15 is 0 Å². The second-order valence-electron chi connectivity index (χ2n) is 5.58. The molecule has 0 aliphatic rings. The van der Waals surface area contributed by atoms with Crippen molar-refractivity contribution in [3.63, 3.8) is 0 Å². The van der Waals surface area contributed by atoms with E-state index in [1.165, 1.54) is 11.5 Å². The summed E-state index contributed by atoms with van der Waals surface area (Å²) >= 11 is 1.32. The van der Waals surface area contributed by atoms with Gasteiger partial charge in [-0.3, -0.25) is 9.48 Å². The van der Waals surface area contributed by atoms with E-state index in [-0.39, 0.29) is 5.91 Å². The third kappa shape index (κ3) is 3.60. The van der Waals surface area contributed by atoms with Gasteiger partial charge in [0.25, 0.3) is 5.91 Å². The Balaban J connectivity index is 1.73. The number of anilines is 1. The molecule has 0 saturated carbocycles. The molecule has 0 spiro atoms. The maximum Gasteiger partial charge on any atom is 0.251 e. The van der Waals surface area contributed by atoms with E-state index in [2.05, 4.69) is 19.8 Å². The largest absolute Gasteiger partial charge is 0.348 e. The van der Waals surface area contributed by atoms with Crippen LogP contribution in [0, 0.1) is 0 Å². The van der Waals surface area contributed by atoms with Crippen LogP contribution < -0.4 is 10.2 Å². The molecule has 1 amide bonds. The summed E-state index contributed by atoms with van der Waals surface area (Å²) in [6, 6.07) is 7.40. The van der Waals surface area contributed by atoms with E-state index in [4.69, 9.17) is 0 Å². The van der Waals surface area contributed by atoms with Gasteiger partial charge in [-0.25, -0.2) is 0 Å². The number of nitrogens with one attached hydrogen (secondary N) is 1. The van der Waals surface area contributed by atoms with Gasteiger partial charge in [-0.15, -0.1) is 0 Å². The Kier molecular flexibility index (Phi) is 4.57. The van der Waals surface area contributed by atoms with E-state index in [9.17, 15) is 4.79 Å². The van der Waals surface area contributed by atoms with Crippen molar-refractivity contribution in [3.8, 4) is 10.6 Å². The topological polar surface area (TPSA) is 75.9 Å². The third-order valence-corrected chi connectivity index (χ3v) is 4.15. The lowest BCUT2D eigenvalue weighted by molar-refractivity contribution is 0.0951. The molecule has 1 aromatic carbocycles. The van der Waals surface area contributed by atoms with Crippen molar-refractivity contribution < 1.29 is 4.79 Å². The average molecular weight is 342 g/mol. The minimum Gasteiger partial charge on any atom is -0.348 e. The van der Waals surface area contributed by atoms with Gasteiger partial charge in [0.1, 0.15) is 5.01 Å². The van der Waals surface area contributed by atoms with E-state index in [0.717, 1.165) is 16.1 Å². The molecular weight excluding hydrogens is 324 g/mol. The number of hydrogen-bond donors (Lipinski definition) is 1. The fraction of sp³-hybridized carbons (Fsp3) is 0.250. The SMILES string of the molecule is CN(C)c1nsc(-c2cccc(C(=O)NCc3cnn(C)c3)c2)n1.